The summed E-state index contributed by atoms with van der Waals surface area (Å²) in [5.74, 6) is 1.35. The second-order valence-corrected chi connectivity index (χ2v) is 5.79. The van der Waals surface area contributed by atoms with E-state index < -0.39 is 10.8 Å². The number of hydrogen-bond donors (Lipinski definition) is 1. The first kappa shape index (κ1) is 11.7. The molecule has 0 bridgehead atoms. The number of pyridine rings is 1. The minimum absolute atomic E-state index is 0.0219. The summed E-state index contributed by atoms with van der Waals surface area (Å²) in [5.41, 5.74) is 0.767. The van der Waals surface area contributed by atoms with E-state index in [9.17, 15) is 8.60 Å². The Balaban J connectivity index is 2.14. The van der Waals surface area contributed by atoms with Crippen molar-refractivity contribution in [3.05, 3.63) is 29.8 Å². The molecule has 1 aliphatic rings. The molecule has 5 heteroatoms. The predicted octanol–water partition coefficient (Wildman–Crippen LogP) is 1.25. The molecule has 1 aromatic heterocycles. The van der Waals surface area contributed by atoms with Gasteiger partial charge in [0, 0.05) is 22.3 Å². The molecule has 0 saturated carbocycles. The molecule has 0 aromatic carbocycles. The molecule has 0 amide bonds. The molecular weight excluding hydrogens is 227 g/mol. The largest absolute Gasteiger partial charge is 0.308 e. The standard InChI is InChI=1S/C11H15FN2OS/c1-8-4-13-11(7-16(15)6-8)10-3-2-9(12)5-14-10/h2-3,5,8,11,13H,4,6-7H2,1H3. The molecule has 1 N–H and O–H groups in total. The predicted molar refractivity (Wildman–Crippen MR) is 62.0 cm³/mol. The maximum absolute atomic E-state index is 12.7. The van der Waals surface area contributed by atoms with Crippen molar-refractivity contribution in [3.8, 4) is 0 Å². The van der Waals surface area contributed by atoms with Crippen molar-refractivity contribution in [1.82, 2.24) is 10.3 Å². The van der Waals surface area contributed by atoms with Gasteiger partial charge in [-0.1, -0.05) is 6.92 Å². The van der Waals surface area contributed by atoms with Crippen LogP contribution in [0.4, 0.5) is 4.39 Å². The van der Waals surface area contributed by atoms with E-state index in [1.807, 2.05) is 0 Å². The zero-order valence-electron chi connectivity index (χ0n) is 9.15. The molecular formula is C11H15FN2OS. The third-order valence-electron chi connectivity index (χ3n) is 2.64. The lowest BCUT2D eigenvalue weighted by molar-refractivity contribution is 0.508. The first-order valence-electron chi connectivity index (χ1n) is 5.35. The number of hydrogen-bond acceptors (Lipinski definition) is 3. The molecule has 0 aliphatic carbocycles. The van der Waals surface area contributed by atoms with Crippen molar-refractivity contribution in [2.24, 2.45) is 5.92 Å². The molecule has 2 heterocycles. The second kappa shape index (κ2) is 5.01. The number of nitrogens with one attached hydrogen (secondary N) is 1. The lowest BCUT2D eigenvalue weighted by Gasteiger charge is -2.14. The maximum Gasteiger partial charge on any atom is 0.141 e. The number of halogens is 1. The average molecular weight is 242 g/mol. The Kier molecular flexibility index (Phi) is 3.66. The topological polar surface area (TPSA) is 42.0 Å². The molecule has 3 unspecified atom stereocenters. The Hall–Kier alpha value is -0.810. The van der Waals surface area contributed by atoms with Crippen LogP contribution in [-0.2, 0) is 10.8 Å². The van der Waals surface area contributed by atoms with Gasteiger partial charge in [0.25, 0.3) is 0 Å². The molecule has 1 aromatic rings. The summed E-state index contributed by atoms with van der Waals surface area (Å²) in [6.45, 7) is 2.90. The van der Waals surface area contributed by atoms with Crippen molar-refractivity contribution in [2.75, 3.05) is 18.1 Å². The minimum Gasteiger partial charge on any atom is -0.308 e. The van der Waals surface area contributed by atoms with Crippen LogP contribution in [0.25, 0.3) is 0 Å². The fraction of sp³-hybridized carbons (Fsp3) is 0.545. The van der Waals surface area contributed by atoms with Crippen LogP contribution in [0.15, 0.2) is 18.3 Å². The monoisotopic (exact) mass is 242 g/mol. The summed E-state index contributed by atoms with van der Waals surface area (Å²) in [6.07, 6.45) is 1.20. The Morgan fingerprint density at radius 1 is 1.50 bits per heavy atom. The van der Waals surface area contributed by atoms with Gasteiger partial charge in [0.1, 0.15) is 5.82 Å². The van der Waals surface area contributed by atoms with Crippen LogP contribution in [0.1, 0.15) is 18.7 Å². The molecule has 0 spiro atoms. The van der Waals surface area contributed by atoms with Gasteiger partial charge in [-0.05, 0) is 24.6 Å². The van der Waals surface area contributed by atoms with Gasteiger partial charge in [-0.15, -0.1) is 0 Å². The Labute approximate surface area is 96.9 Å². The van der Waals surface area contributed by atoms with E-state index in [0.29, 0.717) is 11.7 Å². The van der Waals surface area contributed by atoms with E-state index in [1.54, 1.807) is 6.07 Å². The van der Waals surface area contributed by atoms with Crippen LogP contribution in [0.5, 0.6) is 0 Å². The van der Waals surface area contributed by atoms with Gasteiger partial charge in [0.2, 0.25) is 0 Å². The summed E-state index contributed by atoms with van der Waals surface area (Å²) >= 11 is 0. The first-order valence-corrected chi connectivity index (χ1v) is 6.84. The van der Waals surface area contributed by atoms with Crippen molar-refractivity contribution in [1.29, 1.82) is 0 Å². The highest BCUT2D eigenvalue weighted by molar-refractivity contribution is 7.85. The van der Waals surface area contributed by atoms with Crippen molar-refractivity contribution in [3.63, 3.8) is 0 Å². The normalized spacial score (nSPS) is 31.0. The van der Waals surface area contributed by atoms with E-state index in [4.69, 9.17) is 0 Å². The van der Waals surface area contributed by atoms with Gasteiger partial charge in [0.05, 0.1) is 17.9 Å². The van der Waals surface area contributed by atoms with Crippen LogP contribution in [0.2, 0.25) is 0 Å². The van der Waals surface area contributed by atoms with Crippen LogP contribution >= 0.6 is 0 Å². The fourth-order valence-corrected chi connectivity index (χ4v) is 3.36. The fourth-order valence-electron chi connectivity index (χ4n) is 1.82. The van der Waals surface area contributed by atoms with E-state index in [0.717, 1.165) is 18.0 Å². The number of rotatable bonds is 1. The Morgan fingerprint density at radius 2 is 2.31 bits per heavy atom. The van der Waals surface area contributed by atoms with Crippen LogP contribution < -0.4 is 5.32 Å². The molecule has 1 fully saturated rings. The summed E-state index contributed by atoms with van der Waals surface area (Å²) in [4.78, 5) is 4.03. The third-order valence-corrected chi connectivity index (χ3v) is 4.29. The molecule has 88 valence electrons. The van der Waals surface area contributed by atoms with Crippen LogP contribution in [0.3, 0.4) is 0 Å². The van der Waals surface area contributed by atoms with Gasteiger partial charge in [-0.25, -0.2) is 4.39 Å². The van der Waals surface area contributed by atoms with Crippen molar-refractivity contribution >= 4 is 10.8 Å². The van der Waals surface area contributed by atoms with E-state index >= 15 is 0 Å². The van der Waals surface area contributed by atoms with Gasteiger partial charge in [-0.2, -0.15) is 0 Å². The van der Waals surface area contributed by atoms with Gasteiger partial charge >= 0.3 is 0 Å². The third kappa shape index (κ3) is 2.86. The lowest BCUT2D eigenvalue weighted by Crippen LogP contribution is -2.26. The van der Waals surface area contributed by atoms with E-state index in [-0.39, 0.29) is 11.9 Å². The number of aromatic nitrogens is 1. The van der Waals surface area contributed by atoms with Crippen molar-refractivity contribution < 1.29 is 8.60 Å². The van der Waals surface area contributed by atoms with Crippen LogP contribution in [0, 0.1) is 11.7 Å². The zero-order valence-corrected chi connectivity index (χ0v) is 9.97. The Morgan fingerprint density at radius 3 is 3.00 bits per heavy atom. The van der Waals surface area contributed by atoms with Gasteiger partial charge in [0.15, 0.2) is 0 Å². The number of nitrogens with zero attached hydrogens (tertiary/aromatic N) is 1. The molecule has 3 nitrogen and oxygen atoms in total. The average Bonchev–Trinajstić information content (AvgIpc) is 2.41. The molecule has 16 heavy (non-hydrogen) atoms. The van der Waals surface area contributed by atoms with Crippen molar-refractivity contribution in [2.45, 2.75) is 13.0 Å². The summed E-state index contributed by atoms with van der Waals surface area (Å²) in [5, 5.41) is 3.32. The van der Waals surface area contributed by atoms with E-state index in [2.05, 4.69) is 17.2 Å². The maximum atomic E-state index is 12.7. The molecule has 1 aliphatic heterocycles. The molecule has 0 radical (unpaired) electrons. The van der Waals surface area contributed by atoms with Gasteiger partial charge < -0.3 is 5.32 Å². The Bertz CT molecular complexity index is 382. The quantitative estimate of drug-likeness (QED) is 0.806. The molecule has 3 atom stereocenters. The smallest absolute Gasteiger partial charge is 0.141 e. The highest BCUT2D eigenvalue weighted by atomic mass is 32.2. The van der Waals surface area contributed by atoms with E-state index in [1.165, 1.54) is 12.3 Å². The van der Waals surface area contributed by atoms with Crippen LogP contribution in [-0.4, -0.2) is 27.2 Å². The first-order chi connectivity index (χ1) is 7.65. The molecule has 1 saturated heterocycles. The van der Waals surface area contributed by atoms with Gasteiger partial charge in [-0.3, -0.25) is 9.19 Å². The summed E-state index contributed by atoms with van der Waals surface area (Å²) in [6, 6.07) is 3.02. The highest BCUT2D eigenvalue weighted by Crippen LogP contribution is 2.16. The zero-order chi connectivity index (χ0) is 11.5. The summed E-state index contributed by atoms with van der Waals surface area (Å²) in [7, 11) is -0.820. The minimum atomic E-state index is -0.820. The SMILES string of the molecule is CC1CNC(c2ccc(F)cn2)CS(=O)C1. The second-order valence-electron chi connectivity index (χ2n) is 4.24. The molecule has 2 rings (SSSR count). The lowest BCUT2D eigenvalue weighted by atomic mass is 10.1. The summed E-state index contributed by atoms with van der Waals surface area (Å²) < 4.78 is 24.4. The highest BCUT2D eigenvalue weighted by Gasteiger charge is 2.22.